The summed E-state index contributed by atoms with van der Waals surface area (Å²) in [5, 5.41) is 3.16. The molecule has 1 heterocycles. The van der Waals surface area contributed by atoms with Crippen LogP contribution in [0.25, 0.3) is 0 Å². The molecule has 0 bridgehead atoms. The first-order valence-corrected chi connectivity index (χ1v) is 4.90. The molecule has 0 unspecified atom stereocenters. The van der Waals surface area contributed by atoms with Crippen LogP contribution in [-0.4, -0.2) is 25.7 Å². The van der Waals surface area contributed by atoms with Crippen molar-refractivity contribution in [3.63, 3.8) is 0 Å². The Kier molecular flexibility index (Phi) is 3.01. The fraction of sp³-hybridized carbons (Fsp3) is 0.364. The Morgan fingerprint density at radius 2 is 2.21 bits per heavy atom. The summed E-state index contributed by atoms with van der Waals surface area (Å²) < 4.78 is 5.23. The Bertz CT molecular complexity index is 314. The van der Waals surface area contributed by atoms with E-state index < -0.39 is 0 Å². The summed E-state index contributed by atoms with van der Waals surface area (Å²) >= 11 is 0. The highest BCUT2D eigenvalue weighted by atomic mass is 16.5. The lowest BCUT2D eigenvalue weighted by Gasteiger charge is -2.05. The van der Waals surface area contributed by atoms with E-state index in [1.807, 2.05) is 6.07 Å². The van der Waals surface area contributed by atoms with Crippen LogP contribution in [0, 0.1) is 0 Å². The lowest BCUT2D eigenvalue weighted by molar-refractivity contribution is 0.332. The number of amidine groups is 1. The van der Waals surface area contributed by atoms with E-state index in [0.717, 1.165) is 19.5 Å². The molecule has 0 saturated carbocycles. The molecule has 0 radical (unpaired) electrons. The molecule has 0 amide bonds. The van der Waals surface area contributed by atoms with Crippen LogP contribution in [0.3, 0.4) is 0 Å². The highest BCUT2D eigenvalue weighted by molar-refractivity contribution is 5.74. The third kappa shape index (κ3) is 2.49. The minimum atomic E-state index is 0. The standard InChI is InChI=1S/C11H14N2O.H2/c1-2-4-10(5-3-1)6-7-12-11-13-8-9-14-11;/h1-5H,6-9H2,(H,12,13);1H. The molecule has 0 aromatic heterocycles. The van der Waals surface area contributed by atoms with E-state index in [0.29, 0.717) is 12.6 Å². The van der Waals surface area contributed by atoms with Gasteiger partial charge in [0.2, 0.25) is 0 Å². The normalized spacial score (nSPS) is 14.7. The summed E-state index contributed by atoms with van der Waals surface area (Å²) in [6.07, 6.45) is 1.00. The van der Waals surface area contributed by atoms with Gasteiger partial charge in [0, 0.05) is 7.97 Å². The second-order valence-corrected chi connectivity index (χ2v) is 3.20. The number of nitrogens with one attached hydrogen (secondary N) is 1. The molecule has 1 aliphatic heterocycles. The maximum Gasteiger partial charge on any atom is 0.284 e. The lowest BCUT2D eigenvalue weighted by Crippen LogP contribution is -2.25. The topological polar surface area (TPSA) is 33.6 Å². The van der Waals surface area contributed by atoms with Crippen molar-refractivity contribution < 1.29 is 6.16 Å². The summed E-state index contributed by atoms with van der Waals surface area (Å²) in [6, 6.07) is 11.1. The van der Waals surface area contributed by atoms with Crippen LogP contribution < -0.4 is 5.32 Å². The molecule has 0 fully saturated rings. The molecule has 1 N–H and O–H groups in total. The van der Waals surface area contributed by atoms with Gasteiger partial charge in [0.15, 0.2) is 0 Å². The van der Waals surface area contributed by atoms with Gasteiger partial charge in [-0.1, -0.05) is 30.3 Å². The van der Waals surface area contributed by atoms with Crippen LogP contribution in [0.5, 0.6) is 0 Å². The Balaban J connectivity index is 0.00000112. The summed E-state index contributed by atoms with van der Waals surface area (Å²) in [5.74, 6) is 0. The molecule has 14 heavy (non-hydrogen) atoms. The summed E-state index contributed by atoms with van der Waals surface area (Å²) in [4.78, 5) is 4.15. The smallest absolute Gasteiger partial charge is 0.284 e. The second-order valence-electron chi connectivity index (χ2n) is 3.20. The minimum Gasteiger partial charge on any atom is -0.463 e. The Hall–Kier alpha value is -1.51. The Morgan fingerprint density at radius 3 is 2.93 bits per heavy atom. The van der Waals surface area contributed by atoms with Crippen molar-refractivity contribution in [2.75, 3.05) is 19.7 Å². The van der Waals surface area contributed by atoms with Gasteiger partial charge in [-0.05, 0) is 12.0 Å². The van der Waals surface area contributed by atoms with Gasteiger partial charge in [-0.2, -0.15) is 0 Å². The SMILES string of the molecule is [HH].c1ccc(CCNC2=NCCO2)cc1. The van der Waals surface area contributed by atoms with Crippen molar-refractivity contribution >= 4 is 6.02 Å². The molecule has 76 valence electrons. The fourth-order valence-electron chi connectivity index (χ4n) is 1.40. The van der Waals surface area contributed by atoms with Crippen molar-refractivity contribution in [3.05, 3.63) is 35.9 Å². The van der Waals surface area contributed by atoms with E-state index in [4.69, 9.17) is 4.74 Å². The molecule has 3 heteroatoms. The first-order chi connectivity index (χ1) is 6.95. The number of benzene rings is 1. The molecule has 0 atom stereocenters. The van der Waals surface area contributed by atoms with Gasteiger partial charge in [-0.3, -0.25) is 0 Å². The molecule has 1 aromatic carbocycles. The first-order valence-electron chi connectivity index (χ1n) is 4.90. The Morgan fingerprint density at radius 1 is 1.36 bits per heavy atom. The van der Waals surface area contributed by atoms with E-state index in [9.17, 15) is 0 Å². The van der Waals surface area contributed by atoms with Gasteiger partial charge in [0.25, 0.3) is 6.02 Å². The first kappa shape index (κ1) is 9.06. The van der Waals surface area contributed by atoms with Gasteiger partial charge >= 0.3 is 0 Å². The molecule has 3 nitrogen and oxygen atoms in total. The molecule has 0 aliphatic carbocycles. The largest absolute Gasteiger partial charge is 0.463 e. The minimum absolute atomic E-state index is 0. The zero-order valence-corrected chi connectivity index (χ0v) is 8.07. The average molecular weight is 192 g/mol. The van der Waals surface area contributed by atoms with Crippen molar-refractivity contribution in [2.45, 2.75) is 6.42 Å². The van der Waals surface area contributed by atoms with Gasteiger partial charge < -0.3 is 10.1 Å². The number of rotatable bonds is 3. The van der Waals surface area contributed by atoms with Gasteiger partial charge in [0.05, 0.1) is 6.54 Å². The zero-order valence-electron chi connectivity index (χ0n) is 8.07. The van der Waals surface area contributed by atoms with Crippen LogP contribution in [0.1, 0.15) is 6.99 Å². The summed E-state index contributed by atoms with van der Waals surface area (Å²) in [6.45, 7) is 2.38. The number of aliphatic imine (C=N–C) groups is 1. The average Bonchev–Trinajstić information content (AvgIpc) is 2.72. The van der Waals surface area contributed by atoms with Crippen LogP contribution in [0.15, 0.2) is 35.3 Å². The van der Waals surface area contributed by atoms with Crippen LogP contribution >= 0.6 is 0 Å². The Labute approximate surface area is 85.3 Å². The van der Waals surface area contributed by atoms with E-state index in [-0.39, 0.29) is 1.43 Å². The maximum absolute atomic E-state index is 5.23. The van der Waals surface area contributed by atoms with E-state index in [2.05, 4.69) is 34.6 Å². The second kappa shape index (κ2) is 4.65. The quantitative estimate of drug-likeness (QED) is 0.786. The fourth-order valence-corrected chi connectivity index (χ4v) is 1.40. The summed E-state index contributed by atoms with van der Waals surface area (Å²) in [5.41, 5.74) is 1.33. The molecule has 2 rings (SSSR count). The van der Waals surface area contributed by atoms with Crippen molar-refractivity contribution in [1.29, 1.82) is 0 Å². The van der Waals surface area contributed by atoms with Crippen LogP contribution in [-0.2, 0) is 11.2 Å². The molecular formula is C11H16N2O. The predicted octanol–water partition coefficient (Wildman–Crippen LogP) is 1.45. The number of hydrogen-bond acceptors (Lipinski definition) is 3. The van der Waals surface area contributed by atoms with Crippen molar-refractivity contribution in [2.24, 2.45) is 4.99 Å². The monoisotopic (exact) mass is 192 g/mol. The van der Waals surface area contributed by atoms with Gasteiger partial charge in [-0.15, -0.1) is 0 Å². The van der Waals surface area contributed by atoms with Crippen LogP contribution in [0.4, 0.5) is 0 Å². The third-order valence-corrected chi connectivity index (χ3v) is 2.12. The van der Waals surface area contributed by atoms with E-state index in [1.165, 1.54) is 5.56 Å². The van der Waals surface area contributed by atoms with E-state index in [1.54, 1.807) is 0 Å². The molecule has 1 aromatic rings. The number of nitrogens with zero attached hydrogens (tertiary/aromatic N) is 1. The highest BCUT2D eigenvalue weighted by Gasteiger charge is 2.04. The molecule has 0 spiro atoms. The summed E-state index contributed by atoms with van der Waals surface area (Å²) in [7, 11) is 0. The number of ether oxygens (including phenoxy) is 1. The van der Waals surface area contributed by atoms with Crippen LogP contribution in [0.2, 0.25) is 0 Å². The van der Waals surface area contributed by atoms with Crippen molar-refractivity contribution in [3.8, 4) is 0 Å². The predicted molar refractivity (Wildman–Crippen MR) is 58.5 cm³/mol. The molecule has 1 aliphatic rings. The van der Waals surface area contributed by atoms with Gasteiger partial charge in [0.1, 0.15) is 6.61 Å². The van der Waals surface area contributed by atoms with Crippen molar-refractivity contribution in [1.82, 2.24) is 5.32 Å². The van der Waals surface area contributed by atoms with Gasteiger partial charge in [-0.25, -0.2) is 4.99 Å². The number of hydrogen-bond donors (Lipinski definition) is 1. The molecular weight excluding hydrogens is 176 g/mol. The molecule has 0 saturated heterocycles. The van der Waals surface area contributed by atoms with E-state index >= 15 is 0 Å². The third-order valence-electron chi connectivity index (χ3n) is 2.12. The lowest BCUT2D eigenvalue weighted by atomic mass is 10.1. The zero-order chi connectivity index (χ0) is 9.64. The highest BCUT2D eigenvalue weighted by Crippen LogP contribution is 1.98. The maximum atomic E-state index is 5.23.